The second-order valence-electron chi connectivity index (χ2n) is 8.53. The molecule has 1 amide bonds. The van der Waals surface area contributed by atoms with Gasteiger partial charge in [-0.05, 0) is 56.4 Å². The highest BCUT2D eigenvalue weighted by atomic mass is 32.2. The molecule has 144 valence electrons. The quantitative estimate of drug-likeness (QED) is 0.575. The predicted molar refractivity (Wildman–Crippen MR) is 112 cm³/mol. The van der Waals surface area contributed by atoms with E-state index in [9.17, 15) is 4.79 Å². The molecule has 2 heterocycles. The minimum Gasteiger partial charge on any atom is -0.353 e. The van der Waals surface area contributed by atoms with E-state index in [2.05, 4.69) is 12.2 Å². The lowest BCUT2D eigenvalue weighted by Crippen LogP contribution is -2.33. The van der Waals surface area contributed by atoms with Gasteiger partial charge in [-0.1, -0.05) is 31.5 Å². The summed E-state index contributed by atoms with van der Waals surface area (Å²) in [5, 5.41) is 5.51. The van der Waals surface area contributed by atoms with Crippen LogP contribution >= 0.6 is 23.1 Å². The molecule has 0 saturated heterocycles. The summed E-state index contributed by atoms with van der Waals surface area (Å²) in [5.74, 6) is 2.93. The maximum atomic E-state index is 12.4. The Labute approximate surface area is 168 Å². The van der Waals surface area contributed by atoms with Gasteiger partial charge >= 0.3 is 0 Å². The van der Waals surface area contributed by atoms with E-state index in [-0.39, 0.29) is 5.91 Å². The third-order valence-electron chi connectivity index (χ3n) is 6.14. The molecule has 2 saturated carbocycles. The fraction of sp³-hybridized carbons (Fsp3) is 0.667. The van der Waals surface area contributed by atoms with Crippen LogP contribution < -0.4 is 5.32 Å². The summed E-state index contributed by atoms with van der Waals surface area (Å²) in [6.07, 6.45) is 10.7. The summed E-state index contributed by atoms with van der Waals surface area (Å²) in [6.45, 7) is 2.34. The molecule has 6 heteroatoms. The van der Waals surface area contributed by atoms with Crippen LogP contribution in [0.4, 0.5) is 0 Å². The monoisotopic (exact) mass is 401 g/mol. The van der Waals surface area contributed by atoms with Gasteiger partial charge in [0.05, 0.1) is 5.75 Å². The maximum Gasteiger partial charge on any atom is 0.230 e. The normalized spacial score (nSPS) is 22.9. The molecule has 0 bridgehead atoms. The van der Waals surface area contributed by atoms with E-state index in [0.29, 0.717) is 17.7 Å². The first-order valence-electron chi connectivity index (χ1n) is 10.4. The van der Waals surface area contributed by atoms with Crippen molar-refractivity contribution in [2.24, 2.45) is 5.92 Å². The molecule has 5 rings (SSSR count). The van der Waals surface area contributed by atoms with Crippen LogP contribution in [-0.2, 0) is 17.6 Å². The van der Waals surface area contributed by atoms with Gasteiger partial charge in [-0.3, -0.25) is 4.79 Å². The molecule has 2 aromatic rings. The highest BCUT2D eigenvalue weighted by Crippen LogP contribution is 2.44. The summed E-state index contributed by atoms with van der Waals surface area (Å²) in [4.78, 5) is 25.0. The minimum atomic E-state index is 0.157. The van der Waals surface area contributed by atoms with Gasteiger partial charge in [-0.15, -0.1) is 11.3 Å². The number of nitrogens with one attached hydrogen (secondary N) is 1. The molecule has 4 nitrogen and oxygen atoms in total. The Hall–Kier alpha value is -1.14. The van der Waals surface area contributed by atoms with E-state index < -0.39 is 0 Å². The van der Waals surface area contributed by atoms with Gasteiger partial charge in [-0.25, -0.2) is 9.97 Å². The zero-order valence-corrected chi connectivity index (χ0v) is 17.6. The number of thioether (sulfide) groups is 1. The van der Waals surface area contributed by atoms with Gasteiger partial charge in [0.2, 0.25) is 5.91 Å². The molecule has 2 aromatic heterocycles. The Morgan fingerprint density at radius 3 is 2.78 bits per heavy atom. The van der Waals surface area contributed by atoms with E-state index in [0.717, 1.165) is 40.9 Å². The lowest BCUT2D eigenvalue weighted by Gasteiger charge is -2.18. The Kier molecular flexibility index (Phi) is 4.88. The topological polar surface area (TPSA) is 54.9 Å². The lowest BCUT2D eigenvalue weighted by molar-refractivity contribution is -0.119. The van der Waals surface area contributed by atoms with Crippen molar-refractivity contribution < 1.29 is 4.79 Å². The van der Waals surface area contributed by atoms with Crippen LogP contribution in [0.2, 0.25) is 0 Å². The van der Waals surface area contributed by atoms with Crippen LogP contribution in [0, 0.1) is 5.92 Å². The summed E-state index contributed by atoms with van der Waals surface area (Å²) >= 11 is 3.49. The number of fused-ring (bicyclic) bond motifs is 3. The van der Waals surface area contributed by atoms with Gasteiger partial charge in [0.1, 0.15) is 15.7 Å². The van der Waals surface area contributed by atoms with Crippen LogP contribution in [-0.4, -0.2) is 27.7 Å². The van der Waals surface area contributed by atoms with Crippen molar-refractivity contribution in [3.63, 3.8) is 0 Å². The number of hydrogen-bond donors (Lipinski definition) is 1. The van der Waals surface area contributed by atoms with Gasteiger partial charge < -0.3 is 5.32 Å². The number of amides is 1. The van der Waals surface area contributed by atoms with Crippen LogP contribution in [0.15, 0.2) is 5.03 Å². The highest BCUT2D eigenvalue weighted by Gasteiger charge is 2.30. The molecule has 0 spiro atoms. The number of aromatic nitrogens is 2. The lowest BCUT2D eigenvalue weighted by atomic mass is 9.89. The summed E-state index contributed by atoms with van der Waals surface area (Å²) < 4.78 is 0. The summed E-state index contributed by atoms with van der Waals surface area (Å²) in [6, 6.07) is 0.390. The number of rotatable bonds is 5. The number of carbonyl (C=O) groups excluding carboxylic acids is 1. The van der Waals surface area contributed by atoms with E-state index in [1.165, 1.54) is 54.4 Å². The van der Waals surface area contributed by atoms with Gasteiger partial charge in [0.25, 0.3) is 0 Å². The second-order valence-corrected chi connectivity index (χ2v) is 10.6. The fourth-order valence-corrected chi connectivity index (χ4v) is 6.75. The third-order valence-corrected chi connectivity index (χ3v) is 8.27. The molecular weight excluding hydrogens is 374 g/mol. The molecule has 0 radical (unpaired) electrons. The molecule has 3 aliphatic carbocycles. The number of aryl methyl sites for hydroxylation is 1. The first-order chi connectivity index (χ1) is 13.2. The Morgan fingerprint density at radius 2 is 2.00 bits per heavy atom. The van der Waals surface area contributed by atoms with Crippen molar-refractivity contribution in [2.45, 2.75) is 81.7 Å². The molecule has 27 heavy (non-hydrogen) atoms. The Morgan fingerprint density at radius 1 is 1.19 bits per heavy atom. The van der Waals surface area contributed by atoms with E-state index >= 15 is 0 Å². The predicted octanol–water partition coefficient (Wildman–Crippen LogP) is 4.84. The SMILES string of the molecule is C[C@@H]1CCc2c(sc3nc(C4CC4)nc(SCC(=O)NC4CCCC4)c23)C1. The maximum absolute atomic E-state index is 12.4. The van der Waals surface area contributed by atoms with E-state index in [1.54, 1.807) is 11.8 Å². The van der Waals surface area contributed by atoms with Crippen LogP contribution in [0.3, 0.4) is 0 Å². The highest BCUT2D eigenvalue weighted by molar-refractivity contribution is 8.00. The molecule has 3 aliphatic rings. The van der Waals surface area contributed by atoms with Crippen molar-refractivity contribution in [2.75, 3.05) is 5.75 Å². The number of carbonyl (C=O) groups is 1. The average molecular weight is 402 g/mol. The molecule has 0 unspecified atom stereocenters. The fourth-order valence-electron chi connectivity index (χ4n) is 4.43. The van der Waals surface area contributed by atoms with Gasteiger partial charge in [0, 0.05) is 22.2 Å². The van der Waals surface area contributed by atoms with Gasteiger partial charge in [-0.2, -0.15) is 0 Å². The first-order valence-corrected chi connectivity index (χ1v) is 12.2. The molecule has 0 aliphatic heterocycles. The largest absolute Gasteiger partial charge is 0.353 e. The van der Waals surface area contributed by atoms with E-state index in [4.69, 9.17) is 9.97 Å². The third kappa shape index (κ3) is 3.75. The Balaban J connectivity index is 1.41. The van der Waals surface area contributed by atoms with Gasteiger partial charge in [0.15, 0.2) is 0 Å². The van der Waals surface area contributed by atoms with E-state index in [1.807, 2.05) is 11.3 Å². The average Bonchev–Trinajstić information content (AvgIpc) is 3.26. The zero-order chi connectivity index (χ0) is 18.4. The number of nitrogens with zero attached hydrogens (tertiary/aromatic N) is 2. The summed E-state index contributed by atoms with van der Waals surface area (Å²) in [5.41, 5.74) is 1.47. The standard InChI is InChI=1S/C21H27N3OS2/c1-12-6-9-15-16(10-12)27-21-18(15)20(23-19(24-21)13-7-8-13)26-11-17(25)22-14-4-2-3-5-14/h12-14H,2-11H2,1H3,(H,22,25)/t12-/m1/s1. The van der Waals surface area contributed by atoms with Crippen molar-refractivity contribution >= 4 is 39.2 Å². The molecule has 0 aromatic carbocycles. The second kappa shape index (κ2) is 7.36. The molecule has 1 atom stereocenters. The zero-order valence-electron chi connectivity index (χ0n) is 15.9. The van der Waals surface area contributed by atoms with Crippen molar-refractivity contribution in [3.05, 3.63) is 16.3 Å². The molecule has 1 N–H and O–H groups in total. The molecular formula is C21H27N3OS2. The van der Waals surface area contributed by atoms with Crippen molar-refractivity contribution in [1.29, 1.82) is 0 Å². The molecule has 2 fully saturated rings. The first kappa shape index (κ1) is 17.9. The number of hydrogen-bond acceptors (Lipinski definition) is 5. The Bertz CT molecular complexity index is 868. The van der Waals surface area contributed by atoms with Crippen LogP contribution in [0.25, 0.3) is 10.2 Å². The van der Waals surface area contributed by atoms with Crippen LogP contribution in [0.5, 0.6) is 0 Å². The number of thiophene rings is 1. The van der Waals surface area contributed by atoms with Crippen molar-refractivity contribution in [1.82, 2.24) is 15.3 Å². The van der Waals surface area contributed by atoms with Crippen molar-refractivity contribution in [3.8, 4) is 0 Å². The minimum absolute atomic E-state index is 0.157. The summed E-state index contributed by atoms with van der Waals surface area (Å²) in [7, 11) is 0. The van der Waals surface area contributed by atoms with Crippen LogP contribution in [0.1, 0.15) is 74.1 Å². The smallest absolute Gasteiger partial charge is 0.230 e.